The van der Waals surface area contributed by atoms with Crippen molar-refractivity contribution in [1.82, 2.24) is 5.32 Å². The number of hydrogen-bond acceptors (Lipinski definition) is 2. The van der Waals surface area contributed by atoms with Gasteiger partial charge in [-0.25, -0.2) is 4.39 Å². The molecule has 1 heterocycles. The number of hydrogen-bond donors (Lipinski definition) is 1. The minimum absolute atomic E-state index is 0.0602. The summed E-state index contributed by atoms with van der Waals surface area (Å²) < 4.78 is 13.1. The summed E-state index contributed by atoms with van der Waals surface area (Å²) >= 11 is 5.95. The maximum absolute atomic E-state index is 13.1. The fourth-order valence-corrected chi connectivity index (χ4v) is 2.10. The molecule has 0 spiro atoms. The topological polar surface area (TPSA) is 32.3 Å². The minimum Gasteiger partial charge on any atom is -0.309 e. The molecule has 1 unspecified atom stereocenters. The zero-order valence-corrected chi connectivity index (χ0v) is 9.59. The van der Waals surface area contributed by atoms with Gasteiger partial charge in [0, 0.05) is 6.54 Å². The minimum atomic E-state index is -0.389. The van der Waals surface area contributed by atoms with E-state index < -0.39 is 0 Å². The summed E-state index contributed by atoms with van der Waals surface area (Å²) in [7, 11) is 1.74. The van der Waals surface area contributed by atoms with Gasteiger partial charge in [0.25, 0.3) is 0 Å². The molecule has 1 fully saturated rings. The lowest BCUT2D eigenvalue weighted by Gasteiger charge is -2.18. The number of carbonyl (C=O) groups is 1. The Balaban J connectivity index is 2.32. The van der Waals surface area contributed by atoms with E-state index in [4.69, 9.17) is 11.6 Å². The van der Waals surface area contributed by atoms with E-state index in [0.717, 1.165) is 0 Å². The molecule has 1 amide bonds. The van der Waals surface area contributed by atoms with Crippen LogP contribution in [0.5, 0.6) is 0 Å². The molecule has 1 N–H and O–H groups in total. The highest BCUT2D eigenvalue weighted by atomic mass is 35.5. The molecule has 0 radical (unpaired) electrons. The molecule has 86 valence electrons. The number of anilines is 1. The van der Waals surface area contributed by atoms with Gasteiger partial charge in [-0.2, -0.15) is 0 Å². The lowest BCUT2D eigenvalue weighted by atomic mass is 10.2. The quantitative estimate of drug-likeness (QED) is 0.858. The Bertz CT molecular complexity index is 424. The third-order valence-electron chi connectivity index (χ3n) is 2.75. The van der Waals surface area contributed by atoms with E-state index in [1.54, 1.807) is 7.05 Å². The summed E-state index contributed by atoms with van der Waals surface area (Å²) in [5.74, 6) is -0.449. The van der Waals surface area contributed by atoms with Gasteiger partial charge in [0.1, 0.15) is 5.82 Å². The van der Waals surface area contributed by atoms with Crippen molar-refractivity contribution < 1.29 is 9.18 Å². The lowest BCUT2D eigenvalue weighted by molar-refractivity contribution is -0.118. The van der Waals surface area contributed by atoms with E-state index in [1.165, 1.54) is 23.1 Å². The van der Waals surface area contributed by atoms with Crippen LogP contribution in [-0.4, -0.2) is 25.5 Å². The number of likely N-dealkylation sites (N-methyl/N-ethyl adjacent to an activating group) is 1. The predicted octanol–water partition coefficient (Wildman–Crippen LogP) is 1.80. The smallest absolute Gasteiger partial charge is 0.244 e. The van der Waals surface area contributed by atoms with E-state index in [1.807, 2.05) is 0 Å². The Labute approximate surface area is 98.2 Å². The molecule has 1 atom stereocenters. The summed E-state index contributed by atoms with van der Waals surface area (Å²) in [6.45, 7) is 0.563. The SMILES string of the molecule is CNC1CCN(c2cc(F)ccc2Cl)C1=O. The van der Waals surface area contributed by atoms with Crippen molar-refractivity contribution in [1.29, 1.82) is 0 Å². The molecule has 0 aromatic heterocycles. The molecule has 0 aliphatic carbocycles. The second kappa shape index (κ2) is 4.39. The van der Waals surface area contributed by atoms with Gasteiger partial charge in [-0.05, 0) is 31.7 Å². The van der Waals surface area contributed by atoms with Crippen molar-refractivity contribution in [3.8, 4) is 0 Å². The Hall–Kier alpha value is -1.13. The first-order valence-corrected chi connectivity index (χ1v) is 5.45. The maximum atomic E-state index is 13.1. The van der Waals surface area contributed by atoms with Crippen molar-refractivity contribution in [2.75, 3.05) is 18.5 Å². The molecule has 0 bridgehead atoms. The van der Waals surface area contributed by atoms with Crippen LogP contribution in [0, 0.1) is 5.82 Å². The predicted molar refractivity (Wildman–Crippen MR) is 61.2 cm³/mol. The summed E-state index contributed by atoms with van der Waals surface area (Å²) in [6.07, 6.45) is 0.710. The Morgan fingerprint density at radius 2 is 2.31 bits per heavy atom. The van der Waals surface area contributed by atoms with Crippen LogP contribution in [0.1, 0.15) is 6.42 Å². The van der Waals surface area contributed by atoms with Crippen molar-refractivity contribution in [2.45, 2.75) is 12.5 Å². The highest BCUT2D eigenvalue weighted by Gasteiger charge is 2.32. The van der Waals surface area contributed by atoms with Crippen molar-refractivity contribution in [3.63, 3.8) is 0 Å². The van der Waals surface area contributed by atoms with E-state index in [2.05, 4.69) is 5.32 Å². The van der Waals surface area contributed by atoms with E-state index >= 15 is 0 Å². The average Bonchev–Trinajstić information content (AvgIpc) is 2.63. The van der Waals surface area contributed by atoms with Crippen LogP contribution in [0.3, 0.4) is 0 Å². The summed E-state index contributed by atoms with van der Waals surface area (Å²) in [4.78, 5) is 13.4. The summed E-state index contributed by atoms with van der Waals surface area (Å²) in [5.41, 5.74) is 0.449. The van der Waals surface area contributed by atoms with E-state index in [-0.39, 0.29) is 17.8 Å². The van der Waals surface area contributed by atoms with Gasteiger partial charge < -0.3 is 10.2 Å². The van der Waals surface area contributed by atoms with Crippen LogP contribution < -0.4 is 10.2 Å². The van der Waals surface area contributed by atoms with Crippen molar-refractivity contribution >= 4 is 23.2 Å². The first-order chi connectivity index (χ1) is 7.63. The molecule has 0 saturated carbocycles. The number of carbonyl (C=O) groups excluding carboxylic acids is 1. The van der Waals surface area contributed by atoms with Crippen LogP contribution in [0.4, 0.5) is 10.1 Å². The third kappa shape index (κ3) is 1.90. The Morgan fingerprint density at radius 3 is 2.94 bits per heavy atom. The molecule has 2 rings (SSSR count). The van der Waals surface area contributed by atoms with Crippen LogP contribution in [0.25, 0.3) is 0 Å². The Kier molecular flexibility index (Phi) is 3.12. The average molecular weight is 243 g/mol. The van der Waals surface area contributed by atoms with Crippen LogP contribution >= 0.6 is 11.6 Å². The van der Waals surface area contributed by atoms with E-state index in [9.17, 15) is 9.18 Å². The van der Waals surface area contributed by atoms with Crippen LogP contribution in [-0.2, 0) is 4.79 Å². The normalized spacial score (nSPS) is 20.6. The third-order valence-corrected chi connectivity index (χ3v) is 3.07. The summed E-state index contributed by atoms with van der Waals surface area (Å²) in [6, 6.07) is 3.84. The zero-order valence-electron chi connectivity index (χ0n) is 8.84. The van der Waals surface area contributed by atoms with Crippen LogP contribution in [0.2, 0.25) is 5.02 Å². The number of amides is 1. The molecule has 1 aromatic carbocycles. The number of rotatable bonds is 2. The molecule has 3 nitrogen and oxygen atoms in total. The van der Waals surface area contributed by atoms with Gasteiger partial charge in [0.2, 0.25) is 5.91 Å². The van der Waals surface area contributed by atoms with Gasteiger partial charge in [-0.3, -0.25) is 4.79 Å². The van der Waals surface area contributed by atoms with E-state index in [0.29, 0.717) is 23.7 Å². The molecular formula is C11H12ClFN2O. The second-order valence-corrected chi connectivity index (χ2v) is 4.12. The first-order valence-electron chi connectivity index (χ1n) is 5.07. The molecule has 1 aromatic rings. The van der Waals surface area contributed by atoms with Crippen molar-refractivity contribution in [3.05, 3.63) is 29.0 Å². The van der Waals surface area contributed by atoms with Gasteiger partial charge in [-0.15, -0.1) is 0 Å². The largest absolute Gasteiger partial charge is 0.309 e. The van der Waals surface area contributed by atoms with Crippen molar-refractivity contribution in [2.24, 2.45) is 0 Å². The molecular weight excluding hydrogens is 231 g/mol. The molecule has 5 heteroatoms. The van der Waals surface area contributed by atoms with Gasteiger partial charge >= 0.3 is 0 Å². The summed E-state index contributed by atoms with van der Waals surface area (Å²) in [5, 5.41) is 3.31. The molecule has 1 saturated heterocycles. The second-order valence-electron chi connectivity index (χ2n) is 3.72. The molecule has 16 heavy (non-hydrogen) atoms. The maximum Gasteiger partial charge on any atom is 0.244 e. The molecule has 1 aliphatic heterocycles. The highest BCUT2D eigenvalue weighted by Crippen LogP contribution is 2.29. The Morgan fingerprint density at radius 1 is 1.56 bits per heavy atom. The lowest BCUT2D eigenvalue weighted by Crippen LogP contribution is -2.36. The fraction of sp³-hybridized carbons (Fsp3) is 0.364. The number of halogens is 2. The highest BCUT2D eigenvalue weighted by molar-refractivity contribution is 6.33. The molecule has 1 aliphatic rings. The number of nitrogens with zero attached hydrogens (tertiary/aromatic N) is 1. The van der Waals surface area contributed by atoms with Gasteiger partial charge in [-0.1, -0.05) is 11.6 Å². The first kappa shape index (κ1) is 11.4. The standard InChI is InChI=1S/C11H12ClFN2O/c1-14-9-4-5-15(11(9)16)10-6-7(13)2-3-8(10)12/h2-3,6,9,14H,4-5H2,1H3. The number of benzene rings is 1. The number of nitrogens with one attached hydrogen (secondary N) is 1. The zero-order chi connectivity index (χ0) is 11.7. The van der Waals surface area contributed by atoms with Gasteiger partial charge in [0.15, 0.2) is 0 Å². The van der Waals surface area contributed by atoms with Crippen LogP contribution in [0.15, 0.2) is 18.2 Å². The monoisotopic (exact) mass is 242 g/mol. The van der Waals surface area contributed by atoms with Gasteiger partial charge in [0.05, 0.1) is 16.8 Å². The fourth-order valence-electron chi connectivity index (χ4n) is 1.88.